The van der Waals surface area contributed by atoms with Crippen LogP contribution in [-0.4, -0.2) is 43.1 Å². The quantitative estimate of drug-likeness (QED) is 0.890. The van der Waals surface area contributed by atoms with Crippen LogP contribution in [0.1, 0.15) is 28.4 Å². The molecule has 2 atom stereocenters. The molecule has 2 heterocycles. The molecule has 0 saturated carbocycles. The zero-order chi connectivity index (χ0) is 13.3. The molecule has 1 aliphatic heterocycles. The Labute approximate surface area is 112 Å². The van der Waals surface area contributed by atoms with Crippen molar-refractivity contribution in [2.45, 2.75) is 32.9 Å². The Balaban J connectivity index is 2.19. The first-order valence-corrected chi connectivity index (χ1v) is 7.02. The number of hydrogen-bond donors (Lipinski definition) is 1. The van der Waals surface area contributed by atoms with E-state index in [1.54, 1.807) is 7.11 Å². The van der Waals surface area contributed by atoms with Crippen molar-refractivity contribution in [1.82, 2.24) is 10.2 Å². The minimum absolute atomic E-state index is 0.0881. The number of nitrogens with one attached hydrogen (secondary N) is 1. The predicted molar refractivity (Wildman–Crippen MR) is 73.6 cm³/mol. The van der Waals surface area contributed by atoms with E-state index in [-0.39, 0.29) is 5.91 Å². The third kappa shape index (κ3) is 2.67. The molecule has 0 bridgehead atoms. The van der Waals surface area contributed by atoms with E-state index in [0.29, 0.717) is 17.8 Å². The molecule has 1 amide bonds. The van der Waals surface area contributed by atoms with Crippen LogP contribution in [0.4, 0.5) is 0 Å². The monoisotopic (exact) mass is 268 g/mol. The van der Waals surface area contributed by atoms with Gasteiger partial charge in [-0.3, -0.25) is 4.79 Å². The lowest BCUT2D eigenvalue weighted by Gasteiger charge is -2.36. The SMILES string of the molecule is COc1cc(C)sc1C(=O)N1C[C@@H](C)N[C@@H](C)C1. The molecule has 0 aliphatic carbocycles. The molecule has 0 spiro atoms. The van der Waals surface area contributed by atoms with Gasteiger partial charge in [0.15, 0.2) is 0 Å². The number of aryl methyl sites for hydroxylation is 1. The Bertz CT molecular complexity index is 434. The highest BCUT2D eigenvalue weighted by Gasteiger charge is 2.28. The number of methoxy groups -OCH3 is 1. The Hall–Kier alpha value is -1.07. The summed E-state index contributed by atoms with van der Waals surface area (Å²) in [4.78, 5) is 16.3. The van der Waals surface area contributed by atoms with Crippen molar-refractivity contribution >= 4 is 17.2 Å². The third-order valence-electron chi connectivity index (χ3n) is 3.08. The molecule has 1 fully saturated rings. The summed E-state index contributed by atoms with van der Waals surface area (Å²) in [7, 11) is 1.61. The van der Waals surface area contributed by atoms with Crippen LogP contribution in [0.5, 0.6) is 5.75 Å². The molecule has 1 aromatic heterocycles. The average Bonchev–Trinajstić information content (AvgIpc) is 2.68. The van der Waals surface area contributed by atoms with Crippen LogP contribution in [0.2, 0.25) is 0 Å². The third-order valence-corrected chi connectivity index (χ3v) is 4.10. The van der Waals surface area contributed by atoms with Gasteiger partial charge in [0.25, 0.3) is 5.91 Å². The van der Waals surface area contributed by atoms with E-state index in [1.165, 1.54) is 11.3 Å². The molecule has 18 heavy (non-hydrogen) atoms. The molecule has 2 rings (SSSR count). The summed E-state index contributed by atoms with van der Waals surface area (Å²) in [6, 6.07) is 2.60. The summed E-state index contributed by atoms with van der Waals surface area (Å²) in [5.74, 6) is 0.784. The van der Waals surface area contributed by atoms with Crippen LogP contribution in [-0.2, 0) is 0 Å². The second-order valence-electron chi connectivity index (χ2n) is 4.93. The van der Waals surface area contributed by atoms with Gasteiger partial charge in [-0.15, -0.1) is 11.3 Å². The van der Waals surface area contributed by atoms with Gasteiger partial charge in [-0.25, -0.2) is 0 Å². The summed E-state index contributed by atoms with van der Waals surface area (Å²) in [5, 5.41) is 3.43. The fourth-order valence-corrected chi connectivity index (χ4v) is 3.38. The number of ether oxygens (including phenoxy) is 1. The lowest BCUT2D eigenvalue weighted by atomic mass is 10.1. The number of rotatable bonds is 2. The van der Waals surface area contributed by atoms with Crippen molar-refractivity contribution in [2.24, 2.45) is 0 Å². The molecule has 1 N–H and O–H groups in total. The molecule has 0 aromatic carbocycles. The molecule has 0 unspecified atom stereocenters. The zero-order valence-electron chi connectivity index (χ0n) is 11.3. The molecule has 1 aromatic rings. The van der Waals surface area contributed by atoms with Gasteiger partial charge in [0, 0.05) is 30.1 Å². The first-order chi connectivity index (χ1) is 8.51. The number of carbonyl (C=O) groups is 1. The minimum atomic E-state index is 0.0881. The summed E-state index contributed by atoms with van der Waals surface area (Å²) in [6.07, 6.45) is 0. The van der Waals surface area contributed by atoms with Gasteiger partial charge in [0.1, 0.15) is 10.6 Å². The summed E-state index contributed by atoms with van der Waals surface area (Å²) < 4.78 is 5.28. The van der Waals surface area contributed by atoms with Crippen LogP contribution in [0.25, 0.3) is 0 Å². The minimum Gasteiger partial charge on any atom is -0.495 e. The van der Waals surface area contributed by atoms with Gasteiger partial charge in [0.2, 0.25) is 0 Å². The van der Waals surface area contributed by atoms with Gasteiger partial charge in [-0.1, -0.05) is 0 Å². The van der Waals surface area contributed by atoms with Gasteiger partial charge in [-0.2, -0.15) is 0 Å². The van der Waals surface area contributed by atoms with Gasteiger partial charge >= 0.3 is 0 Å². The zero-order valence-corrected chi connectivity index (χ0v) is 12.1. The lowest BCUT2D eigenvalue weighted by Crippen LogP contribution is -2.55. The van der Waals surface area contributed by atoms with Crippen molar-refractivity contribution in [3.8, 4) is 5.75 Å². The van der Waals surface area contributed by atoms with Crippen molar-refractivity contribution in [2.75, 3.05) is 20.2 Å². The van der Waals surface area contributed by atoms with Crippen molar-refractivity contribution < 1.29 is 9.53 Å². The van der Waals surface area contributed by atoms with Crippen LogP contribution in [0.3, 0.4) is 0 Å². The number of carbonyl (C=O) groups excluding carboxylic acids is 1. The first-order valence-electron chi connectivity index (χ1n) is 6.21. The molecule has 4 nitrogen and oxygen atoms in total. The summed E-state index contributed by atoms with van der Waals surface area (Å²) in [5.41, 5.74) is 0. The Morgan fingerprint density at radius 3 is 2.61 bits per heavy atom. The molecule has 100 valence electrons. The standard InChI is InChI=1S/C13H20N2O2S/c1-8-6-15(7-9(2)14-8)13(16)12-11(17-4)5-10(3)18-12/h5,8-9,14H,6-7H2,1-4H3/t8-,9+. The van der Waals surface area contributed by atoms with E-state index >= 15 is 0 Å². The normalized spacial score (nSPS) is 24.1. The van der Waals surface area contributed by atoms with Gasteiger partial charge in [-0.05, 0) is 26.8 Å². The fourth-order valence-electron chi connectivity index (χ4n) is 2.43. The van der Waals surface area contributed by atoms with E-state index in [4.69, 9.17) is 4.74 Å². The summed E-state index contributed by atoms with van der Waals surface area (Å²) >= 11 is 1.51. The van der Waals surface area contributed by atoms with Crippen molar-refractivity contribution in [3.05, 3.63) is 15.8 Å². The highest BCUT2D eigenvalue weighted by Crippen LogP contribution is 2.30. The molecular weight excluding hydrogens is 248 g/mol. The fraction of sp³-hybridized carbons (Fsp3) is 0.615. The van der Waals surface area contributed by atoms with Crippen LogP contribution in [0, 0.1) is 6.92 Å². The number of thiophene rings is 1. The van der Waals surface area contributed by atoms with Crippen LogP contribution >= 0.6 is 11.3 Å². The van der Waals surface area contributed by atoms with Crippen molar-refractivity contribution in [1.29, 1.82) is 0 Å². The smallest absolute Gasteiger partial charge is 0.267 e. The van der Waals surface area contributed by atoms with Gasteiger partial charge < -0.3 is 15.0 Å². The van der Waals surface area contributed by atoms with Crippen LogP contribution < -0.4 is 10.1 Å². The largest absolute Gasteiger partial charge is 0.495 e. The maximum absolute atomic E-state index is 12.5. The number of piperazine rings is 1. The number of hydrogen-bond acceptors (Lipinski definition) is 4. The lowest BCUT2D eigenvalue weighted by molar-refractivity contribution is 0.0675. The van der Waals surface area contributed by atoms with Crippen molar-refractivity contribution in [3.63, 3.8) is 0 Å². The molecule has 0 radical (unpaired) electrons. The van der Waals surface area contributed by atoms with E-state index in [9.17, 15) is 4.79 Å². The number of nitrogens with zero attached hydrogens (tertiary/aromatic N) is 1. The highest BCUT2D eigenvalue weighted by atomic mass is 32.1. The predicted octanol–water partition coefficient (Wildman–Crippen LogP) is 1.89. The molecular formula is C13H20N2O2S. The van der Waals surface area contributed by atoms with E-state index in [2.05, 4.69) is 19.2 Å². The molecule has 1 saturated heterocycles. The summed E-state index contributed by atoms with van der Waals surface area (Å²) in [6.45, 7) is 7.71. The maximum Gasteiger partial charge on any atom is 0.267 e. The molecule has 1 aliphatic rings. The Morgan fingerprint density at radius 1 is 1.44 bits per heavy atom. The van der Waals surface area contributed by atoms with Crippen LogP contribution in [0.15, 0.2) is 6.07 Å². The van der Waals surface area contributed by atoms with E-state index in [1.807, 2.05) is 17.9 Å². The number of amides is 1. The van der Waals surface area contributed by atoms with Gasteiger partial charge in [0.05, 0.1) is 7.11 Å². The Morgan fingerprint density at radius 2 is 2.06 bits per heavy atom. The van der Waals surface area contributed by atoms with E-state index in [0.717, 1.165) is 22.8 Å². The molecule has 5 heteroatoms. The maximum atomic E-state index is 12.5. The second-order valence-corrected chi connectivity index (χ2v) is 6.19. The average molecular weight is 268 g/mol. The first kappa shape index (κ1) is 13.4. The topological polar surface area (TPSA) is 41.6 Å². The second kappa shape index (κ2) is 5.28. The Kier molecular flexibility index (Phi) is 3.92. The van der Waals surface area contributed by atoms with E-state index < -0.39 is 0 Å². The highest BCUT2D eigenvalue weighted by molar-refractivity contribution is 7.14.